The number of thiocarbonyl (C=S) groups is 1. The standard InChI is InChI=1S/C27H20ClN3O2S/c1-17-8-2-6-12-23(17)31-26(33)21(25(32)29-27(31)34)14-19-16-30(24-13-7-4-10-20(19)24)15-18-9-3-5-11-22(18)28/h2-14,16H,15H2,1H3,(H,29,32,34)/b21-14+. The van der Waals surface area contributed by atoms with Gasteiger partial charge < -0.3 is 4.57 Å². The molecular formula is C27H20ClN3O2S. The van der Waals surface area contributed by atoms with Gasteiger partial charge in [-0.25, -0.2) is 0 Å². The molecule has 1 aliphatic rings. The fraction of sp³-hybridized carbons (Fsp3) is 0.0741. The monoisotopic (exact) mass is 485 g/mol. The fourth-order valence-electron chi connectivity index (χ4n) is 4.18. The molecule has 0 aliphatic carbocycles. The Morgan fingerprint density at radius 1 is 0.971 bits per heavy atom. The zero-order chi connectivity index (χ0) is 23.8. The van der Waals surface area contributed by atoms with Crippen molar-refractivity contribution in [1.82, 2.24) is 9.88 Å². The van der Waals surface area contributed by atoms with E-state index in [-0.39, 0.29) is 10.7 Å². The molecule has 0 saturated carbocycles. The summed E-state index contributed by atoms with van der Waals surface area (Å²) in [5.41, 5.74) is 4.27. The van der Waals surface area contributed by atoms with Gasteiger partial charge in [0.1, 0.15) is 5.57 Å². The Hall–Kier alpha value is -3.74. The molecule has 3 aromatic carbocycles. The van der Waals surface area contributed by atoms with Gasteiger partial charge in [-0.3, -0.25) is 19.8 Å². The van der Waals surface area contributed by atoms with E-state index in [1.54, 1.807) is 6.08 Å². The number of fused-ring (bicyclic) bond motifs is 1. The van der Waals surface area contributed by atoms with Crippen LogP contribution in [0.5, 0.6) is 0 Å². The lowest BCUT2D eigenvalue weighted by molar-refractivity contribution is -0.122. The van der Waals surface area contributed by atoms with Gasteiger partial charge in [-0.15, -0.1) is 0 Å². The Bertz CT molecular complexity index is 1500. The molecule has 168 valence electrons. The lowest BCUT2D eigenvalue weighted by Gasteiger charge is -2.29. The first-order chi connectivity index (χ1) is 16.4. The lowest BCUT2D eigenvalue weighted by Crippen LogP contribution is -2.54. The fourth-order valence-corrected chi connectivity index (χ4v) is 4.65. The molecule has 1 saturated heterocycles. The van der Waals surface area contributed by atoms with Gasteiger partial charge in [-0.05, 0) is 54.5 Å². The van der Waals surface area contributed by atoms with E-state index in [0.717, 1.165) is 27.6 Å². The highest BCUT2D eigenvalue weighted by atomic mass is 35.5. The average molecular weight is 486 g/mol. The summed E-state index contributed by atoms with van der Waals surface area (Å²) in [5, 5.41) is 4.35. The summed E-state index contributed by atoms with van der Waals surface area (Å²) in [6.45, 7) is 2.45. The highest BCUT2D eigenvalue weighted by Crippen LogP contribution is 2.29. The van der Waals surface area contributed by atoms with E-state index < -0.39 is 11.8 Å². The molecule has 0 spiro atoms. The van der Waals surface area contributed by atoms with E-state index in [9.17, 15) is 9.59 Å². The summed E-state index contributed by atoms with van der Waals surface area (Å²) in [4.78, 5) is 27.7. The second-order valence-corrected chi connectivity index (χ2v) is 8.86. The predicted molar refractivity (Wildman–Crippen MR) is 140 cm³/mol. The zero-order valence-electron chi connectivity index (χ0n) is 18.3. The van der Waals surface area contributed by atoms with Crippen LogP contribution in [-0.4, -0.2) is 21.5 Å². The maximum Gasteiger partial charge on any atom is 0.270 e. The van der Waals surface area contributed by atoms with Gasteiger partial charge in [0.25, 0.3) is 11.8 Å². The van der Waals surface area contributed by atoms with E-state index in [1.807, 2.05) is 85.9 Å². The highest BCUT2D eigenvalue weighted by molar-refractivity contribution is 7.80. The molecule has 5 rings (SSSR count). The van der Waals surface area contributed by atoms with E-state index >= 15 is 0 Å². The SMILES string of the molecule is Cc1ccccc1N1C(=O)/C(=C/c2cn(Cc3ccccc3Cl)c3ccccc23)C(=O)NC1=S. The molecule has 1 aromatic heterocycles. The van der Waals surface area contributed by atoms with Crippen LogP contribution in [0.3, 0.4) is 0 Å². The van der Waals surface area contributed by atoms with Crippen LogP contribution in [0.4, 0.5) is 5.69 Å². The van der Waals surface area contributed by atoms with E-state index in [4.69, 9.17) is 23.8 Å². The third-order valence-electron chi connectivity index (χ3n) is 5.88. The number of hydrogen-bond donors (Lipinski definition) is 1. The molecule has 1 fully saturated rings. The maximum atomic E-state index is 13.5. The molecule has 0 atom stereocenters. The number of carbonyl (C=O) groups is 2. The second-order valence-electron chi connectivity index (χ2n) is 8.07. The number of aromatic nitrogens is 1. The molecule has 0 unspecified atom stereocenters. The van der Waals surface area contributed by atoms with E-state index in [2.05, 4.69) is 9.88 Å². The van der Waals surface area contributed by atoms with E-state index in [1.165, 1.54) is 4.90 Å². The number of amides is 2. The smallest absolute Gasteiger partial charge is 0.270 e. The highest BCUT2D eigenvalue weighted by Gasteiger charge is 2.35. The second kappa shape index (κ2) is 8.89. The summed E-state index contributed by atoms with van der Waals surface area (Å²) in [7, 11) is 0. The number of anilines is 1. The number of nitrogens with zero attached hydrogens (tertiary/aromatic N) is 2. The largest absolute Gasteiger partial charge is 0.342 e. The average Bonchev–Trinajstić information content (AvgIpc) is 3.16. The van der Waals surface area contributed by atoms with Crippen molar-refractivity contribution in [2.24, 2.45) is 0 Å². The molecule has 2 heterocycles. The van der Waals surface area contributed by atoms with Gasteiger partial charge >= 0.3 is 0 Å². The van der Waals surface area contributed by atoms with Crippen molar-refractivity contribution >= 4 is 63.4 Å². The van der Waals surface area contributed by atoms with Crippen molar-refractivity contribution in [3.63, 3.8) is 0 Å². The van der Waals surface area contributed by atoms with Crippen LogP contribution in [-0.2, 0) is 16.1 Å². The van der Waals surface area contributed by atoms with Crippen LogP contribution in [0.25, 0.3) is 17.0 Å². The minimum Gasteiger partial charge on any atom is -0.342 e. The van der Waals surface area contributed by atoms with Gasteiger partial charge in [0, 0.05) is 34.2 Å². The number of carbonyl (C=O) groups excluding carboxylic acids is 2. The Morgan fingerprint density at radius 3 is 2.47 bits per heavy atom. The van der Waals surface area contributed by atoms with Crippen LogP contribution in [0.1, 0.15) is 16.7 Å². The number of halogens is 1. The Balaban J connectivity index is 1.59. The van der Waals surface area contributed by atoms with Gasteiger partial charge in [0.2, 0.25) is 0 Å². The van der Waals surface area contributed by atoms with Crippen LogP contribution in [0, 0.1) is 6.92 Å². The van der Waals surface area contributed by atoms with Crippen LogP contribution in [0.2, 0.25) is 5.02 Å². The minimum absolute atomic E-state index is 0.0255. The van der Waals surface area contributed by atoms with Crippen molar-refractivity contribution in [2.75, 3.05) is 4.90 Å². The molecule has 1 aliphatic heterocycles. The van der Waals surface area contributed by atoms with Crippen molar-refractivity contribution in [1.29, 1.82) is 0 Å². The normalized spacial score (nSPS) is 15.3. The van der Waals surface area contributed by atoms with Gasteiger partial charge in [0.15, 0.2) is 5.11 Å². The zero-order valence-corrected chi connectivity index (χ0v) is 19.9. The third-order valence-corrected chi connectivity index (χ3v) is 6.53. The molecule has 0 bridgehead atoms. The molecule has 4 aromatic rings. The summed E-state index contributed by atoms with van der Waals surface area (Å²) in [6.07, 6.45) is 3.57. The molecule has 5 nitrogen and oxygen atoms in total. The number of rotatable bonds is 4. The Kier molecular flexibility index (Phi) is 5.77. The van der Waals surface area contributed by atoms with Gasteiger partial charge in [-0.2, -0.15) is 0 Å². The summed E-state index contributed by atoms with van der Waals surface area (Å²) >= 11 is 11.7. The van der Waals surface area contributed by atoms with Gasteiger partial charge in [-0.1, -0.05) is 66.2 Å². The summed E-state index contributed by atoms with van der Waals surface area (Å²) in [6, 6.07) is 23.0. The summed E-state index contributed by atoms with van der Waals surface area (Å²) < 4.78 is 2.07. The molecule has 7 heteroatoms. The van der Waals surface area contributed by atoms with E-state index in [0.29, 0.717) is 17.3 Å². The van der Waals surface area contributed by atoms with Crippen molar-refractivity contribution in [3.8, 4) is 0 Å². The number of para-hydroxylation sites is 2. The van der Waals surface area contributed by atoms with Crippen LogP contribution in [0.15, 0.2) is 84.6 Å². The molecule has 34 heavy (non-hydrogen) atoms. The van der Waals surface area contributed by atoms with Gasteiger partial charge in [0.05, 0.1) is 5.69 Å². The number of hydrogen-bond acceptors (Lipinski definition) is 3. The molecule has 0 radical (unpaired) electrons. The Labute approximate surface area is 207 Å². The van der Waals surface area contributed by atoms with Crippen molar-refractivity contribution in [3.05, 3.63) is 106 Å². The topological polar surface area (TPSA) is 54.3 Å². The number of nitrogens with one attached hydrogen (secondary N) is 1. The summed E-state index contributed by atoms with van der Waals surface area (Å²) in [5.74, 6) is -0.964. The van der Waals surface area contributed by atoms with Crippen molar-refractivity contribution in [2.45, 2.75) is 13.5 Å². The molecule has 2 amide bonds. The Morgan fingerprint density at radius 2 is 1.68 bits per heavy atom. The molecule has 1 N–H and O–H groups in total. The maximum absolute atomic E-state index is 13.5. The predicted octanol–water partition coefficient (Wildman–Crippen LogP) is 5.48. The first-order valence-corrected chi connectivity index (χ1v) is 11.5. The quantitative estimate of drug-likeness (QED) is 0.236. The van der Waals surface area contributed by atoms with Crippen LogP contribution < -0.4 is 10.2 Å². The number of aryl methyl sites for hydroxylation is 1. The first-order valence-electron chi connectivity index (χ1n) is 10.7. The first kappa shape index (κ1) is 22.1. The molecular weight excluding hydrogens is 466 g/mol. The van der Waals surface area contributed by atoms with Crippen LogP contribution >= 0.6 is 23.8 Å². The third kappa shape index (κ3) is 3.91. The van der Waals surface area contributed by atoms with Crippen molar-refractivity contribution < 1.29 is 9.59 Å². The minimum atomic E-state index is -0.511. The lowest BCUT2D eigenvalue weighted by atomic mass is 10.1. The number of benzene rings is 3.